The Kier molecular flexibility index (Phi) is 4.00. The molecule has 8 heteroatoms. The van der Waals surface area contributed by atoms with Crippen molar-refractivity contribution in [3.05, 3.63) is 32.9 Å². The molecule has 0 aliphatic carbocycles. The first kappa shape index (κ1) is 14.1. The molecule has 0 radical (unpaired) electrons. The second-order valence-electron chi connectivity index (χ2n) is 4.18. The molecule has 3 N–H and O–H groups in total. The number of halogens is 2. The van der Waals surface area contributed by atoms with E-state index in [4.69, 9.17) is 5.73 Å². The van der Waals surface area contributed by atoms with Crippen LogP contribution >= 0.6 is 27.7 Å². The number of hydrogen-bond acceptors (Lipinski definition) is 4. The van der Waals surface area contributed by atoms with Crippen molar-refractivity contribution in [2.24, 2.45) is 0 Å². The molecule has 102 valence electrons. The first-order valence-corrected chi connectivity index (χ1v) is 7.10. The van der Waals surface area contributed by atoms with Gasteiger partial charge in [-0.1, -0.05) is 0 Å². The van der Waals surface area contributed by atoms with E-state index in [1.54, 1.807) is 6.07 Å². The molecule has 5 nitrogen and oxygen atoms in total. The van der Waals surface area contributed by atoms with Gasteiger partial charge in [-0.05, 0) is 53.7 Å². The van der Waals surface area contributed by atoms with Crippen LogP contribution < -0.4 is 11.4 Å². The van der Waals surface area contributed by atoms with Gasteiger partial charge in [0.05, 0.1) is 4.47 Å². The lowest BCUT2D eigenvalue weighted by Crippen LogP contribution is -2.19. The SMILES string of the molecule is CC(C)n1c(Sc2cc(Br)c(F)cc2N)n[nH]c1=O. The van der Waals surface area contributed by atoms with Crippen molar-refractivity contribution in [3.8, 4) is 0 Å². The normalized spacial score (nSPS) is 11.2. The molecule has 1 aromatic carbocycles. The lowest BCUT2D eigenvalue weighted by Gasteiger charge is -2.10. The molecule has 0 bridgehead atoms. The maximum atomic E-state index is 13.3. The van der Waals surface area contributed by atoms with Gasteiger partial charge in [-0.15, -0.1) is 5.10 Å². The van der Waals surface area contributed by atoms with E-state index in [0.29, 0.717) is 20.2 Å². The number of anilines is 1. The van der Waals surface area contributed by atoms with E-state index in [9.17, 15) is 9.18 Å². The van der Waals surface area contributed by atoms with E-state index in [-0.39, 0.29) is 11.7 Å². The third-order valence-corrected chi connectivity index (χ3v) is 4.09. The zero-order valence-corrected chi connectivity index (χ0v) is 12.7. The topological polar surface area (TPSA) is 76.7 Å². The zero-order valence-electron chi connectivity index (χ0n) is 10.3. The third-order valence-electron chi connectivity index (χ3n) is 2.44. The molecule has 0 amide bonds. The van der Waals surface area contributed by atoms with E-state index in [1.165, 1.54) is 22.4 Å². The lowest BCUT2D eigenvalue weighted by atomic mass is 10.3. The van der Waals surface area contributed by atoms with Gasteiger partial charge in [0.2, 0.25) is 0 Å². The first-order valence-electron chi connectivity index (χ1n) is 5.49. The Bertz CT molecular complexity index is 667. The predicted octanol–water partition coefficient (Wildman–Crippen LogP) is 2.79. The van der Waals surface area contributed by atoms with Crippen molar-refractivity contribution < 1.29 is 4.39 Å². The Morgan fingerprint density at radius 2 is 2.21 bits per heavy atom. The van der Waals surface area contributed by atoms with E-state index < -0.39 is 5.82 Å². The number of rotatable bonds is 3. The second-order valence-corrected chi connectivity index (χ2v) is 6.04. The highest BCUT2D eigenvalue weighted by molar-refractivity contribution is 9.10. The van der Waals surface area contributed by atoms with Gasteiger partial charge in [-0.3, -0.25) is 4.57 Å². The van der Waals surface area contributed by atoms with Gasteiger partial charge in [0.25, 0.3) is 0 Å². The van der Waals surface area contributed by atoms with Crippen LogP contribution in [0.5, 0.6) is 0 Å². The minimum absolute atomic E-state index is 0.0288. The average Bonchev–Trinajstić information content (AvgIpc) is 2.67. The van der Waals surface area contributed by atoms with E-state index in [1.807, 2.05) is 13.8 Å². The summed E-state index contributed by atoms with van der Waals surface area (Å²) < 4.78 is 15.1. The summed E-state index contributed by atoms with van der Waals surface area (Å²) in [4.78, 5) is 12.2. The summed E-state index contributed by atoms with van der Waals surface area (Å²) in [5, 5.41) is 6.83. The Balaban J connectivity index is 2.42. The summed E-state index contributed by atoms with van der Waals surface area (Å²) >= 11 is 4.32. The summed E-state index contributed by atoms with van der Waals surface area (Å²) in [5.74, 6) is -0.426. The van der Waals surface area contributed by atoms with Crippen molar-refractivity contribution in [3.63, 3.8) is 0 Å². The fraction of sp³-hybridized carbons (Fsp3) is 0.273. The van der Waals surface area contributed by atoms with Gasteiger partial charge in [0.1, 0.15) is 5.82 Å². The maximum absolute atomic E-state index is 13.3. The summed E-state index contributed by atoms with van der Waals surface area (Å²) in [6.07, 6.45) is 0. The monoisotopic (exact) mass is 346 g/mol. The smallest absolute Gasteiger partial charge is 0.344 e. The summed E-state index contributed by atoms with van der Waals surface area (Å²) in [6, 6.07) is 2.77. The minimum Gasteiger partial charge on any atom is -0.398 e. The van der Waals surface area contributed by atoms with Gasteiger partial charge in [-0.25, -0.2) is 14.3 Å². The van der Waals surface area contributed by atoms with Crippen molar-refractivity contribution >= 4 is 33.4 Å². The van der Waals surface area contributed by atoms with Crippen molar-refractivity contribution in [1.29, 1.82) is 0 Å². The molecule has 1 aromatic heterocycles. The molecular formula is C11H12BrFN4OS. The van der Waals surface area contributed by atoms with E-state index in [2.05, 4.69) is 26.1 Å². The van der Waals surface area contributed by atoms with Gasteiger partial charge in [0.15, 0.2) is 5.16 Å². The van der Waals surface area contributed by atoms with Gasteiger partial charge in [-0.2, -0.15) is 0 Å². The standard InChI is InChI=1S/C11H12BrFN4OS/c1-5(2)17-10(18)15-16-11(17)19-9-3-6(12)7(13)4-8(9)14/h3-5H,14H2,1-2H3,(H,15,18). The number of aromatic amines is 1. The van der Waals surface area contributed by atoms with Gasteiger partial charge >= 0.3 is 5.69 Å². The van der Waals surface area contributed by atoms with Gasteiger partial charge in [0, 0.05) is 16.6 Å². The molecule has 2 aromatic rings. The number of nitrogens with zero attached hydrogens (tertiary/aromatic N) is 2. The molecule has 0 saturated carbocycles. The molecule has 2 rings (SSSR count). The summed E-state index contributed by atoms with van der Waals surface area (Å²) in [6.45, 7) is 3.76. The Hall–Kier alpha value is -1.28. The minimum atomic E-state index is -0.426. The quantitative estimate of drug-likeness (QED) is 0.837. The largest absolute Gasteiger partial charge is 0.398 e. The number of aromatic nitrogens is 3. The van der Waals surface area contributed by atoms with Crippen LogP contribution in [-0.4, -0.2) is 14.8 Å². The van der Waals surface area contributed by atoms with Crippen LogP contribution in [0.3, 0.4) is 0 Å². The first-order chi connectivity index (χ1) is 8.90. The fourth-order valence-corrected chi connectivity index (χ4v) is 3.08. The highest BCUT2D eigenvalue weighted by Crippen LogP contribution is 2.34. The number of benzene rings is 1. The Labute approximate surface area is 121 Å². The molecule has 19 heavy (non-hydrogen) atoms. The van der Waals surface area contributed by atoms with Crippen LogP contribution in [-0.2, 0) is 0 Å². The molecule has 1 heterocycles. The maximum Gasteiger partial charge on any atom is 0.344 e. The van der Waals surface area contributed by atoms with Crippen molar-refractivity contribution in [1.82, 2.24) is 14.8 Å². The van der Waals surface area contributed by atoms with Crippen molar-refractivity contribution in [2.75, 3.05) is 5.73 Å². The number of hydrogen-bond donors (Lipinski definition) is 2. The number of nitrogen functional groups attached to an aromatic ring is 1. The van der Waals surface area contributed by atoms with Gasteiger partial charge < -0.3 is 5.73 Å². The average molecular weight is 347 g/mol. The summed E-state index contributed by atoms with van der Waals surface area (Å²) in [5.41, 5.74) is 5.79. The molecule has 0 aliphatic heterocycles. The van der Waals surface area contributed by atoms with Crippen LogP contribution in [0.1, 0.15) is 19.9 Å². The molecule has 0 saturated heterocycles. The van der Waals surface area contributed by atoms with Crippen LogP contribution in [0, 0.1) is 5.82 Å². The molecule has 0 atom stereocenters. The third kappa shape index (κ3) is 2.84. The number of H-pyrrole nitrogens is 1. The Morgan fingerprint density at radius 3 is 2.84 bits per heavy atom. The number of nitrogens with one attached hydrogen (secondary N) is 1. The second kappa shape index (κ2) is 5.38. The molecule has 0 unspecified atom stereocenters. The van der Waals surface area contributed by atoms with E-state index in [0.717, 1.165) is 0 Å². The predicted molar refractivity (Wildman–Crippen MR) is 75.9 cm³/mol. The zero-order chi connectivity index (χ0) is 14.2. The highest BCUT2D eigenvalue weighted by Gasteiger charge is 2.15. The molecule has 0 spiro atoms. The molecular weight excluding hydrogens is 335 g/mol. The molecule has 0 aliphatic rings. The highest BCUT2D eigenvalue weighted by atomic mass is 79.9. The van der Waals surface area contributed by atoms with Crippen LogP contribution in [0.15, 0.2) is 31.5 Å². The van der Waals surface area contributed by atoms with Crippen LogP contribution in [0.2, 0.25) is 0 Å². The lowest BCUT2D eigenvalue weighted by molar-refractivity contribution is 0.534. The van der Waals surface area contributed by atoms with Crippen LogP contribution in [0.25, 0.3) is 0 Å². The Morgan fingerprint density at radius 1 is 1.53 bits per heavy atom. The fourth-order valence-electron chi connectivity index (χ4n) is 1.55. The van der Waals surface area contributed by atoms with Crippen LogP contribution in [0.4, 0.5) is 10.1 Å². The number of nitrogens with two attached hydrogens (primary N) is 1. The summed E-state index contributed by atoms with van der Waals surface area (Å²) in [7, 11) is 0. The van der Waals surface area contributed by atoms with Crippen molar-refractivity contribution in [2.45, 2.75) is 29.9 Å². The van der Waals surface area contributed by atoms with E-state index >= 15 is 0 Å². The molecule has 0 fully saturated rings.